The van der Waals surface area contributed by atoms with Crippen LogP contribution < -0.4 is 4.74 Å². The third-order valence-electron chi connectivity index (χ3n) is 2.56. The summed E-state index contributed by atoms with van der Waals surface area (Å²) in [6.45, 7) is 0. The Morgan fingerprint density at radius 1 is 1.29 bits per heavy atom. The molecular formula is C11H14ClNO. The van der Waals surface area contributed by atoms with E-state index in [0.717, 1.165) is 12.8 Å². The number of rotatable bonds is 2. The van der Waals surface area contributed by atoms with Gasteiger partial charge in [0.2, 0.25) is 5.88 Å². The van der Waals surface area contributed by atoms with Crippen molar-refractivity contribution >= 4 is 11.6 Å². The first kappa shape index (κ1) is 9.78. The Bertz CT molecular complexity index is 297. The molecule has 0 unspecified atom stereocenters. The van der Waals surface area contributed by atoms with E-state index in [2.05, 4.69) is 4.98 Å². The van der Waals surface area contributed by atoms with Crippen molar-refractivity contribution in [3.63, 3.8) is 0 Å². The van der Waals surface area contributed by atoms with Crippen molar-refractivity contribution in [2.24, 2.45) is 0 Å². The van der Waals surface area contributed by atoms with E-state index in [4.69, 9.17) is 16.3 Å². The Labute approximate surface area is 89.3 Å². The van der Waals surface area contributed by atoms with E-state index in [1.165, 1.54) is 19.3 Å². The molecule has 0 amide bonds. The second kappa shape index (κ2) is 4.65. The van der Waals surface area contributed by atoms with Gasteiger partial charge in [-0.05, 0) is 37.8 Å². The molecule has 1 fully saturated rings. The van der Waals surface area contributed by atoms with Crippen LogP contribution in [0.1, 0.15) is 32.1 Å². The highest BCUT2D eigenvalue weighted by Crippen LogP contribution is 2.26. The molecule has 0 spiro atoms. The van der Waals surface area contributed by atoms with Gasteiger partial charge < -0.3 is 4.74 Å². The standard InChI is InChI=1S/C11H14ClNO/c12-10-7-4-8-13-11(10)14-9-5-2-1-3-6-9/h4,7-9H,1-3,5-6H2. The number of nitrogens with zero attached hydrogens (tertiary/aromatic N) is 1. The molecule has 1 aliphatic rings. The van der Waals surface area contributed by atoms with Gasteiger partial charge in [-0.2, -0.15) is 0 Å². The van der Waals surface area contributed by atoms with Crippen molar-refractivity contribution in [2.75, 3.05) is 0 Å². The Morgan fingerprint density at radius 3 is 2.79 bits per heavy atom. The van der Waals surface area contributed by atoms with E-state index >= 15 is 0 Å². The monoisotopic (exact) mass is 211 g/mol. The Kier molecular flexibility index (Phi) is 3.25. The first-order valence-electron chi connectivity index (χ1n) is 5.13. The molecule has 1 aliphatic carbocycles. The molecule has 14 heavy (non-hydrogen) atoms. The summed E-state index contributed by atoms with van der Waals surface area (Å²) in [6, 6.07) is 3.63. The molecule has 0 aliphatic heterocycles. The summed E-state index contributed by atoms with van der Waals surface area (Å²) in [4.78, 5) is 4.12. The molecule has 76 valence electrons. The van der Waals surface area contributed by atoms with Crippen LogP contribution in [-0.4, -0.2) is 11.1 Å². The van der Waals surface area contributed by atoms with Crippen molar-refractivity contribution in [2.45, 2.75) is 38.2 Å². The van der Waals surface area contributed by atoms with Crippen LogP contribution in [0.3, 0.4) is 0 Å². The molecule has 3 heteroatoms. The minimum atomic E-state index is 0.316. The van der Waals surface area contributed by atoms with E-state index in [1.54, 1.807) is 6.20 Å². The van der Waals surface area contributed by atoms with E-state index in [0.29, 0.717) is 17.0 Å². The van der Waals surface area contributed by atoms with Gasteiger partial charge in [0, 0.05) is 6.20 Å². The second-order valence-electron chi connectivity index (χ2n) is 3.67. The molecular weight excluding hydrogens is 198 g/mol. The number of ether oxygens (including phenoxy) is 1. The summed E-state index contributed by atoms with van der Waals surface area (Å²) in [5, 5.41) is 0.609. The predicted octanol–water partition coefficient (Wildman–Crippen LogP) is 3.45. The van der Waals surface area contributed by atoms with Crippen molar-refractivity contribution < 1.29 is 4.74 Å². The van der Waals surface area contributed by atoms with Gasteiger partial charge in [0.05, 0.1) is 0 Å². The fourth-order valence-electron chi connectivity index (χ4n) is 1.80. The van der Waals surface area contributed by atoms with Crippen molar-refractivity contribution in [3.8, 4) is 5.88 Å². The maximum Gasteiger partial charge on any atom is 0.232 e. The number of hydrogen-bond acceptors (Lipinski definition) is 2. The van der Waals surface area contributed by atoms with Gasteiger partial charge in [-0.3, -0.25) is 0 Å². The fourth-order valence-corrected chi connectivity index (χ4v) is 1.96. The van der Waals surface area contributed by atoms with Crippen LogP contribution in [0.15, 0.2) is 18.3 Å². The number of aromatic nitrogens is 1. The maximum absolute atomic E-state index is 5.96. The largest absolute Gasteiger partial charge is 0.473 e. The zero-order valence-corrected chi connectivity index (χ0v) is 8.83. The Morgan fingerprint density at radius 2 is 2.07 bits per heavy atom. The van der Waals surface area contributed by atoms with Crippen LogP contribution in [0.2, 0.25) is 5.02 Å². The molecule has 2 rings (SSSR count). The van der Waals surface area contributed by atoms with Gasteiger partial charge >= 0.3 is 0 Å². The predicted molar refractivity (Wildman–Crippen MR) is 56.7 cm³/mol. The number of pyridine rings is 1. The topological polar surface area (TPSA) is 22.1 Å². The molecule has 1 saturated carbocycles. The first-order valence-corrected chi connectivity index (χ1v) is 5.51. The number of hydrogen-bond donors (Lipinski definition) is 0. The second-order valence-corrected chi connectivity index (χ2v) is 4.08. The maximum atomic E-state index is 5.96. The molecule has 0 radical (unpaired) electrons. The average molecular weight is 212 g/mol. The van der Waals surface area contributed by atoms with Crippen LogP contribution >= 0.6 is 11.6 Å². The summed E-state index contributed by atoms with van der Waals surface area (Å²) in [6.07, 6.45) is 8.14. The molecule has 0 aromatic carbocycles. The molecule has 0 bridgehead atoms. The molecule has 2 nitrogen and oxygen atoms in total. The van der Waals surface area contributed by atoms with Crippen molar-refractivity contribution in [1.82, 2.24) is 4.98 Å². The lowest BCUT2D eigenvalue weighted by Crippen LogP contribution is -2.20. The average Bonchev–Trinajstić information content (AvgIpc) is 2.23. The Hall–Kier alpha value is -0.760. The SMILES string of the molecule is Clc1cccnc1OC1CCCCC1. The van der Waals surface area contributed by atoms with Crippen molar-refractivity contribution in [3.05, 3.63) is 23.4 Å². The van der Waals surface area contributed by atoms with Gasteiger partial charge in [0.25, 0.3) is 0 Å². The lowest BCUT2D eigenvalue weighted by atomic mass is 9.98. The summed E-state index contributed by atoms with van der Waals surface area (Å²) in [5.74, 6) is 0.584. The Balaban J connectivity index is 1.99. The lowest BCUT2D eigenvalue weighted by molar-refractivity contribution is 0.149. The summed E-state index contributed by atoms with van der Waals surface area (Å²) < 4.78 is 5.74. The van der Waals surface area contributed by atoms with E-state index in [9.17, 15) is 0 Å². The highest BCUT2D eigenvalue weighted by molar-refractivity contribution is 6.31. The van der Waals surface area contributed by atoms with Gasteiger partial charge in [-0.1, -0.05) is 18.0 Å². The van der Waals surface area contributed by atoms with E-state index < -0.39 is 0 Å². The van der Waals surface area contributed by atoms with Gasteiger partial charge in [0.15, 0.2) is 0 Å². The van der Waals surface area contributed by atoms with Crippen LogP contribution in [-0.2, 0) is 0 Å². The van der Waals surface area contributed by atoms with Crippen molar-refractivity contribution in [1.29, 1.82) is 0 Å². The molecule has 0 N–H and O–H groups in total. The van der Waals surface area contributed by atoms with Crippen LogP contribution in [0.25, 0.3) is 0 Å². The minimum Gasteiger partial charge on any atom is -0.473 e. The normalized spacial score (nSPS) is 18.1. The van der Waals surface area contributed by atoms with E-state index in [-0.39, 0.29) is 0 Å². The van der Waals surface area contributed by atoms with Crippen LogP contribution in [0.4, 0.5) is 0 Å². The third kappa shape index (κ3) is 2.38. The molecule has 1 aromatic heterocycles. The van der Waals surface area contributed by atoms with Crippen LogP contribution in [0.5, 0.6) is 5.88 Å². The zero-order chi connectivity index (χ0) is 9.80. The third-order valence-corrected chi connectivity index (χ3v) is 2.84. The highest BCUT2D eigenvalue weighted by atomic mass is 35.5. The van der Waals surface area contributed by atoms with Crippen LogP contribution in [0, 0.1) is 0 Å². The van der Waals surface area contributed by atoms with E-state index in [1.807, 2.05) is 12.1 Å². The lowest BCUT2D eigenvalue weighted by Gasteiger charge is -2.22. The first-order chi connectivity index (χ1) is 6.86. The zero-order valence-electron chi connectivity index (χ0n) is 8.08. The molecule has 1 aromatic rings. The van der Waals surface area contributed by atoms with Gasteiger partial charge in [-0.25, -0.2) is 4.98 Å². The molecule has 0 atom stereocenters. The molecule has 0 saturated heterocycles. The summed E-state index contributed by atoms with van der Waals surface area (Å²) in [5.41, 5.74) is 0. The van der Waals surface area contributed by atoms with Gasteiger partial charge in [-0.15, -0.1) is 0 Å². The highest BCUT2D eigenvalue weighted by Gasteiger charge is 2.16. The van der Waals surface area contributed by atoms with Gasteiger partial charge in [0.1, 0.15) is 11.1 Å². The summed E-state index contributed by atoms with van der Waals surface area (Å²) in [7, 11) is 0. The minimum absolute atomic E-state index is 0.316. The summed E-state index contributed by atoms with van der Waals surface area (Å²) >= 11 is 5.96. The number of halogens is 1. The smallest absolute Gasteiger partial charge is 0.232 e. The molecule has 1 heterocycles. The fraction of sp³-hybridized carbons (Fsp3) is 0.545. The quantitative estimate of drug-likeness (QED) is 0.748.